The minimum Gasteiger partial charge on any atom is -0.383 e. The summed E-state index contributed by atoms with van der Waals surface area (Å²) < 4.78 is 13.3. The first kappa shape index (κ1) is 12.5. The number of carbonyl (C=O) groups excluding carboxylic acids is 1. The number of halogens is 1. The van der Waals surface area contributed by atoms with E-state index in [4.69, 9.17) is 0 Å². The van der Waals surface area contributed by atoms with Gasteiger partial charge in [0.25, 0.3) is 0 Å². The van der Waals surface area contributed by atoms with Gasteiger partial charge in [-0.15, -0.1) is 0 Å². The van der Waals surface area contributed by atoms with Gasteiger partial charge in [-0.1, -0.05) is 6.92 Å². The van der Waals surface area contributed by atoms with Gasteiger partial charge in [0.15, 0.2) is 0 Å². The highest BCUT2D eigenvalue weighted by Gasteiger charge is 2.06. The van der Waals surface area contributed by atoms with Crippen molar-refractivity contribution in [1.82, 2.24) is 0 Å². The maximum atomic E-state index is 13.3. The number of nitrogens with one attached hydrogen (secondary N) is 2. The minimum atomic E-state index is -0.426. The van der Waals surface area contributed by atoms with E-state index in [2.05, 4.69) is 17.6 Å². The lowest BCUT2D eigenvalue weighted by molar-refractivity contribution is -0.114. The molecule has 0 bridgehead atoms. The Hall–Kier alpha value is -1.58. The van der Waals surface area contributed by atoms with Gasteiger partial charge in [-0.25, -0.2) is 4.39 Å². The van der Waals surface area contributed by atoms with Crippen molar-refractivity contribution < 1.29 is 9.18 Å². The van der Waals surface area contributed by atoms with Crippen LogP contribution in [0.3, 0.4) is 0 Å². The van der Waals surface area contributed by atoms with Gasteiger partial charge in [-0.3, -0.25) is 4.79 Å². The Balaban J connectivity index is 2.84. The summed E-state index contributed by atoms with van der Waals surface area (Å²) >= 11 is 0. The molecule has 88 valence electrons. The van der Waals surface area contributed by atoms with Crippen molar-refractivity contribution in [2.24, 2.45) is 0 Å². The highest BCUT2D eigenvalue weighted by Crippen LogP contribution is 2.20. The van der Waals surface area contributed by atoms with Crippen LogP contribution in [0.15, 0.2) is 18.2 Å². The fraction of sp³-hybridized carbons (Fsp3) is 0.417. The zero-order valence-electron chi connectivity index (χ0n) is 9.80. The van der Waals surface area contributed by atoms with Crippen LogP contribution in [0.4, 0.5) is 15.8 Å². The molecule has 1 amide bonds. The maximum absolute atomic E-state index is 13.3. The summed E-state index contributed by atoms with van der Waals surface area (Å²) in [6.07, 6.45) is 0.979. The number of anilines is 2. The van der Waals surface area contributed by atoms with Crippen LogP contribution >= 0.6 is 0 Å². The Morgan fingerprint density at radius 2 is 2.19 bits per heavy atom. The zero-order valence-corrected chi connectivity index (χ0v) is 9.80. The van der Waals surface area contributed by atoms with Gasteiger partial charge in [0, 0.05) is 18.7 Å². The summed E-state index contributed by atoms with van der Waals surface area (Å²) in [5.41, 5.74) is 1.01. The molecule has 1 rings (SSSR count). The van der Waals surface area contributed by atoms with Crippen molar-refractivity contribution in [1.29, 1.82) is 0 Å². The first-order valence-corrected chi connectivity index (χ1v) is 5.36. The van der Waals surface area contributed by atoms with Gasteiger partial charge >= 0.3 is 0 Å². The average molecular weight is 224 g/mol. The van der Waals surface area contributed by atoms with E-state index in [1.165, 1.54) is 13.0 Å². The van der Waals surface area contributed by atoms with E-state index in [1.54, 1.807) is 12.1 Å². The number of hydrogen-bond acceptors (Lipinski definition) is 2. The van der Waals surface area contributed by atoms with Crippen LogP contribution in [-0.2, 0) is 4.79 Å². The fourth-order valence-corrected chi connectivity index (χ4v) is 1.29. The molecular weight excluding hydrogens is 207 g/mol. The minimum absolute atomic E-state index is 0.209. The van der Waals surface area contributed by atoms with E-state index in [0.717, 1.165) is 12.1 Å². The molecule has 4 heteroatoms. The topological polar surface area (TPSA) is 41.1 Å². The summed E-state index contributed by atoms with van der Waals surface area (Å²) in [6.45, 7) is 5.46. The molecular formula is C12H17FN2O. The third kappa shape index (κ3) is 3.53. The molecule has 0 aliphatic rings. The van der Waals surface area contributed by atoms with Gasteiger partial charge in [-0.05, 0) is 31.5 Å². The summed E-state index contributed by atoms with van der Waals surface area (Å²) in [7, 11) is 0. The van der Waals surface area contributed by atoms with Crippen LogP contribution in [0.1, 0.15) is 27.2 Å². The van der Waals surface area contributed by atoms with E-state index >= 15 is 0 Å². The standard InChI is InChI=1S/C12H17FN2O/c1-4-8(2)14-10-5-6-11(13)12(7-10)15-9(3)16/h5-8,14H,4H2,1-3H3,(H,15,16). The van der Waals surface area contributed by atoms with Crippen LogP contribution in [0.25, 0.3) is 0 Å². The first-order valence-electron chi connectivity index (χ1n) is 5.36. The summed E-state index contributed by atoms with van der Waals surface area (Å²) in [5.74, 6) is -0.704. The van der Waals surface area contributed by atoms with E-state index in [-0.39, 0.29) is 11.6 Å². The second-order valence-corrected chi connectivity index (χ2v) is 3.83. The Bertz CT molecular complexity index is 379. The lowest BCUT2D eigenvalue weighted by atomic mass is 10.2. The van der Waals surface area contributed by atoms with Crippen molar-refractivity contribution in [2.45, 2.75) is 33.2 Å². The smallest absolute Gasteiger partial charge is 0.221 e. The SMILES string of the molecule is CCC(C)Nc1ccc(F)c(NC(C)=O)c1. The van der Waals surface area contributed by atoms with Gasteiger partial charge in [0.05, 0.1) is 5.69 Å². The molecule has 0 saturated carbocycles. The first-order chi connectivity index (χ1) is 7.52. The normalized spacial score (nSPS) is 12.0. The molecule has 0 saturated heterocycles. The second kappa shape index (κ2) is 5.49. The molecule has 1 unspecified atom stereocenters. The van der Waals surface area contributed by atoms with Crippen LogP contribution in [0, 0.1) is 5.82 Å². The number of amides is 1. The number of carbonyl (C=O) groups is 1. The van der Waals surface area contributed by atoms with Crippen LogP contribution < -0.4 is 10.6 Å². The van der Waals surface area contributed by atoms with E-state index < -0.39 is 5.82 Å². The van der Waals surface area contributed by atoms with Crippen molar-refractivity contribution in [3.05, 3.63) is 24.0 Å². The molecule has 0 fully saturated rings. The van der Waals surface area contributed by atoms with Crippen molar-refractivity contribution in [3.8, 4) is 0 Å². The lowest BCUT2D eigenvalue weighted by Crippen LogP contribution is -2.14. The van der Waals surface area contributed by atoms with E-state index in [1.807, 2.05) is 6.92 Å². The van der Waals surface area contributed by atoms with Crippen LogP contribution in [0.5, 0.6) is 0 Å². The molecule has 0 aliphatic heterocycles. The Labute approximate surface area is 95.0 Å². The molecule has 0 aromatic heterocycles. The van der Waals surface area contributed by atoms with Crippen molar-refractivity contribution in [2.75, 3.05) is 10.6 Å². The molecule has 16 heavy (non-hydrogen) atoms. The quantitative estimate of drug-likeness (QED) is 0.825. The summed E-state index contributed by atoms with van der Waals surface area (Å²) in [6, 6.07) is 4.92. The summed E-state index contributed by atoms with van der Waals surface area (Å²) in [5, 5.41) is 5.67. The third-order valence-electron chi connectivity index (χ3n) is 2.30. The average Bonchev–Trinajstić information content (AvgIpc) is 2.22. The molecule has 0 spiro atoms. The van der Waals surface area contributed by atoms with Crippen LogP contribution in [-0.4, -0.2) is 11.9 Å². The molecule has 1 aromatic rings. The van der Waals surface area contributed by atoms with Crippen molar-refractivity contribution in [3.63, 3.8) is 0 Å². The molecule has 0 heterocycles. The highest BCUT2D eigenvalue weighted by atomic mass is 19.1. The highest BCUT2D eigenvalue weighted by molar-refractivity contribution is 5.89. The Kier molecular flexibility index (Phi) is 4.28. The van der Waals surface area contributed by atoms with E-state index in [0.29, 0.717) is 6.04 Å². The number of rotatable bonds is 4. The van der Waals surface area contributed by atoms with Crippen LogP contribution in [0.2, 0.25) is 0 Å². The molecule has 0 aliphatic carbocycles. The lowest BCUT2D eigenvalue weighted by Gasteiger charge is -2.14. The predicted octanol–water partition coefficient (Wildman–Crippen LogP) is 2.99. The molecule has 1 aromatic carbocycles. The molecule has 2 N–H and O–H groups in total. The molecule has 0 radical (unpaired) electrons. The maximum Gasteiger partial charge on any atom is 0.221 e. The van der Waals surface area contributed by atoms with E-state index in [9.17, 15) is 9.18 Å². The number of hydrogen-bond donors (Lipinski definition) is 2. The largest absolute Gasteiger partial charge is 0.383 e. The van der Waals surface area contributed by atoms with Gasteiger partial charge in [0.2, 0.25) is 5.91 Å². The zero-order chi connectivity index (χ0) is 12.1. The Morgan fingerprint density at radius 3 is 2.75 bits per heavy atom. The third-order valence-corrected chi connectivity index (χ3v) is 2.30. The number of benzene rings is 1. The Morgan fingerprint density at radius 1 is 1.50 bits per heavy atom. The summed E-state index contributed by atoms with van der Waals surface area (Å²) in [4.78, 5) is 10.9. The van der Waals surface area contributed by atoms with Gasteiger partial charge in [-0.2, -0.15) is 0 Å². The van der Waals surface area contributed by atoms with Gasteiger partial charge < -0.3 is 10.6 Å². The molecule has 3 nitrogen and oxygen atoms in total. The molecule has 1 atom stereocenters. The van der Waals surface area contributed by atoms with Gasteiger partial charge in [0.1, 0.15) is 5.82 Å². The predicted molar refractivity (Wildman–Crippen MR) is 64.1 cm³/mol. The monoisotopic (exact) mass is 224 g/mol. The fourth-order valence-electron chi connectivity index (χ4n) is 1.29. The second-order valence-electron chi connectivity index (χ2n) is 3.83. The van der Waals surface area contributed by atoms with Crippen molar-refractivity contribution >= 4 is 17.3 Å².